The van der Waals surface area contributed by atoms with Crippen molar-refractivity contribution in [2.24, 2.45) is 5.92 Å². The van der Waals surface area contributed by atoms with Gasteiger partial charge >= 0.3 is 0 Å². The minimum atomic E-state index is -0.433. The molecule has 0 aliphatic heterocycles. The van der Waals surface area contributed by atoms with Crippen LogP contribution >= 0.6 is 0 Å². The molecule has 2 heteroatoms. The molecule has 276 valence electrons. The second kappa shape index (κ2) is 13.8. The molecule has 2 aliphatic rings. The molecule has 1 heterocycles. The fourth-order valence-electron chi connectivity index (χ4n) is 9.85. The molecular weight excluding hydrogens is 701 g/mol. The van der Waals surface area contributed by atoms with E-state index in [1.165, 1.54) is 66.3 Å². The molecule has 0 fully saturated rings. The van der Waals surface area contributed by atoms with E-state index in [0.29, 0.717) is 5.92 Å². The molecule has 1 atom stereocenters. The van der Waals surface area contributed by atoms with Crippen LogP contribution in [0.3, 0.4) is 0 Å². The van der Waals surface area contributed by atoms with Crippen molar-refractivity contribution in [2.45, 2.75) is 18.8 Å². The normalized spacial score (nSPS) is 15.4. The fourth-order valence-corrected chi connectivity index (χ4v) is 9.85. The van der Waals surface area contributed by atoms with Gasteiger partial charge in [-0.25, -0.2) is 0 Å². The lowest BCUT2D eigenvalue weighted by Crippen LogP contribution is -2.30. The predicted octanol–water partition coefficient (Wildman–Crippen LogP) is 14.6. The molecule has 0 spiro atoms. The smallest absolute Gasteiger partial charge is 0.0710 e. The number of hydrogen-bond acceptors (Lipinski definition) is 1. The molecule has 0 amide bonds. The van der Waals surface area contributed by atoms with Gasteiger partial charge in [-0.15, -0.1) is 0 Å². The van der Waals surface area contributed by atoms with E-state index in [-0.39, 0.29) is 0 Å². The van der Waals surface area contributed by atoms with Gasteiger partial charge in [-0.05, 0) is 118 Å². The Morgan fingerprint density at radius 2 is 1.00 bits per heavy atom. The summed E-state index contributed by atoms with van der Waals surface area (Å²) in [6.45, 7) is 2.33. The van der Waals surface area contributed by atoms with Crippen LogP contribution in [0.5, 0.6) is 0 Å². The molecule has 0 radical (unpaired) electrons. The summed E-state index contributed by atoms with van der Waals surface area (Å²) in [7, 11) is 0. The average molecular weight is 743 g/mol. The van der Waals surface area contributed by atoms with Gasteiger partial charge in [0.25, 0.3) is 0 Å². The third-order valence-corrected chi connectivity index (χ3v) is 12.4. The molecule has 58 heavy (non-hydrogen) atoms. The van der Waals surface area contributed by atoms with E-state index >= 15 is 0 Å². The Bertz CT molecular complexity index is 2910. The molecule has 2 nitrogen and oxygen atoms in total. The number of anilines is 3. The first-order valence-corrected chi connectivity index (χ1v) is 20.4. The van der Waals surface area contributed by atoms with Gasteiger partial charge in [-0.3, -0.25) is 0 Å². The van der Waals surface area contributed by atoms with Crippen LogP contribution in [-0.4, -0.2) is 4.57 Å². The molecule has 9 aromatic rings. The van der Waals surface area contributed by atoms with Gasteiger partial charge in [0.15, 0.2) is 0 Å². The van der Waals surface area contributed by atoms with Gasteiger partial charge in [0.2, 0.25) is 0 Å². The van der Waals surface area contributed by atoms with Crippen LogP contribution < -0.4 is 4.90 Å². The first kappa shape index (κ1) is 34.1. The summed E-state index contributed by atoms with van der Waals surface area (Å²) in [4.78, 5) is 2.41. The maximum Gasteiger partial charge on any atom is 0.0710 e. The Morgan fingerprint density at radius 3 is 1.60 bits per heavy atom. The van der Waals surface area contributed by atoms with Crippen LogP contribution in [0.4, 0.5) is 17.1 Å². The highest BCUT2D eigenvalue weighted by molar-refractivity contribution is 6.09. The summed E-state index contributed by atoms with van der Waals surface area (Å²) < 4.78 is 2.37. The lowest BCUT2D eigenvalue weighted by atomic mass is 9.66. The molecule has 0 N–H and O–H groups in total. The van der Waals surface area contributed by atoms with Crippen molar-refractivity contribution in [1.29, 1.82) is 0 Å². The molecule has 0 saturated carbocycles. The Balaban J connectivity index is 1.01. The van der Waals surface area contributed by atoms with Crippen LogP contribution in [0.1, 0.15) is 35.6 Å². The summed E-state index contributed by atoms with van der Waals surface area (Å²) >= 11 is 0. The Morgan fingerprint density at radius 1 is 0.500 bits per heavy atom. The van der Waals surface area contributed by atoms with E-state index in [9.17, 15) is 0 Å². The van der Waals surface area contributed by atoms with E-state index in [1.807, 2.05) is 0 Å². The third-order valence-electron chi connectivity index (χ3n) is 12.4. The molecule has 0 bridgehead atoms. The van der Waals surface area contributed by atoms with Gasteiger partial charge in [-0.1, -0.05) is 165 Å². The topological polar surface area (TPSA) is 8.17 Å². The fraction of sp³-hybridized carbons (Fsp3) is 0.0714. The first-order chi connectivity index (χ1) is 28.7. The number of allylic oxidation sites excluding steroid dienone is 4. The number of hydrogen-bond donors (Lipinski definition) is 0. The maximum atomic E-state index is 2.47. The predicted molar refractivity (Wildman–Crippen MR) is 244 cm³/mol. The Hall–Kier alpha value is -7.16. The number of rotatable bonds is 7. The Labute approximate surface area is 340 Å². The molecule has 1 unspecified atom stereocenters. The van der Waals surface area contributed by atoms with E-state index in [4.69, 9.17) is 0 Å². The minimum Gasteiger partial charge on any atom is -0.310 e. The van der Waals surface area contributed by atoms with Crippen LogP contribution in [-0.2, 0) is 5.41 Å². The minimum absolute atomic E-state index is 0.433. The first-order valence-electron chi connectivity index (χ1n) is 20.4. The van der Waals surface area contributed by atoms with Crippen molar-refractivity contribution in [1.82, 2.24) is 4.57 Å². The van der Waals surface area contributed by atoms with Crippen LogP contribution in [0.25, 0.3) is 44.2 Å². The van der Waals surface area contributed by atoms with E-state index in [2.05, 4.69) is 235 Å². The van der Waals surface area contributed by atoms with Gasteiger partial charge in [0.05, 0.1) is 16.4 Å². The summed E-state index contributed by atoms with van der Waals surface area (Å²) in [5.74, 6) is 0.484. The van der Waals surface area contributed by atoms with Gasteiger partial charge in [0, 0.05) is 33.5 Å². The van der Waals surface area contributed by atoms with Crippen molar-refractivity contribution in [3.63, 3.8) is 0 Å². The zero-order valence-corrected chi connectivity index (χ0v) is 32.5. The van der Waals surface area contributed by atoms with Crippen molar-refractivity contribution in [2.75, 3.05) is 4.90 Å². The summed E-state index contributed by atoms with van der Waals surface area (Å²) in [5.41, 5.74) is 17.1. The molecular formula is C56H42N2. The summed E-state index contributed by atoms with van der Waals surface area (Å²) in [6, 6.07) is 75.7. The number of benzene rings is 8. The largest absolute Gasteiger partial charge is 0.310 e. The number of nitrogens with zero attached hydrogens (tertiary/aromatic N) is 2. The highest BCUT2D eigenvalue weighted by Crippen LogP contribution is 2.58. The van der Waals surface area contributed by atoms with Crippen molar-refractivity contribution in [3.05, 3.63) is 246 Å². The van der Waals surface area contributed by atoms with Gasteiger partial charge in [-0.2, -0.15) is 0 Å². The highest BCUT2D eigenvalue weighted by atomic mass is 15.1. The Kier molecular flexibility index (Phi) is 8.11. The number of fused-ring (bicyclic) bond motifs is 5. The SMILES string of the molecule is CC1C=CC2=C(C1)c1ccc(N(c3ccccc3)c3ccc(-c4ccc(-n5c6ccccc6c6ccccc65)cc4)cc3)cc1C2(c1ccccc1)c1ccccc1. The number of para-hydroxylation sites is 3. The number of aromatic nitrogens is 1. The highest BCUT2D eigenvalue weighted by Gasteiger charge is 2.48. The monoisotopic (exact) mass is 742 g/mol. The van der Waals surface area contributed by atoms with Gasteiger partial charge in [0.1, 0.15) is 0 Å². The molecule has 8 aromatic carbocycles. The maximum absolute atomic E-state index is 2.47. The second-order valence-corrected chi connectivity index (χ2v) is 15.8. The summed E-state index contributed by atoms with van der Waals surface area (Å²) in [5, 5.41) is 2.55. The zero-order chi connectivity index (χ0) is 38.6. The molecule has 0 saturated heterocycles. The van der Waals surface area contributed by atoms with Crippen LogP contribution in [0, 0.1) is 5.92 Å². The molecule has 2 aliphatic carbocycles. The lowest BCUT2D eigenvalue weighted by molar-refractivity contribution is 0.718. The van der Waals surface area contributed by atoms with Crippen molar-refractivity contribution in [3.8, 4) is 16.8 Å². The standard InChI is InChI=1S/C56H42N2/c1-39-25-36-52-51(37-39)48-35-34-47(38-53(48)56(52,42-15-5-2-6-16-42)43-17-7-3-8-18-43)57(44-19-9-4-10-20-44)45-30-26-40(27-31-45)41-28-32-46(33-29-41)58-54-23-13-11-21-49(54)50-22-12-14-24-55(50)58/h2-36,38-39H,37H2,1H3. The van der Waals surface area contributed by atoms with Crippen LogP contribution in [0.15, 0.2) is 224 Å². The van der Waals surface area contributed by atoms with E-state index < -0.39 is 5.41 Å². The third kappa shape index (κ3) is 5.33. The zero-order valence-electron chi connectivity index (χ0n) is 32.5. The van der Waals surface area contributed by atoms with Crippen molar-refractivity contribution >= 4 is 44.4 Å². The van der Waals surface area contributed by atoms with Crippen molar-refractivity contribution < 1.29 is 0 Å². The van der Waals surface area contributed by atoms with Gasteiger partial charge < -0.3 is 9.47 Å². The summed E-state index contributed by atoms with van der Waals surface area (Å²) in [6.07, 6.45) is 5.86. The van der Waals surface area contributed by atoms with E-state index in [0.717, 1.165) is 29.2 Å². The average Bonchev–Trinajstić information content (AvgIpc) is 3.78. The van der Waals surface area contributed by atoms with E-state index in [1.54, 1.807) is 0 Å². The van der Waals surface area contributed by atoms with Crippen LogP contribution in [0.2, 0.25) is 0 Å². The lowest BCUT2D eigenvalue weighted by Gasteiger charge is -2.36. The quantitative estimate of drug-likeness (QED) is 0.158. The second-order valence-electron chi connectivity index (χ2n) is 15.8. The molecule has 11 rings (SSSR count). The molecule has 1 aromatic heterocycles.